The molecule has 0 fully saturated rings. The Labute approximate surface area is 265 Å². The van der Waals surface area contributed by atoms with Gasteiger partial charge in [-0.25, -0.2) is 18.3 Å². The van der Waals surface area contributed by atoms with Gasteiger partial charge in [0.15, 0.2) is 22.1 Å². The molecule has 0 saturated carbocycles. The van der Waals surface area contributed by atoms with Gasteiger partial charge in [0.1, 0.15) is 26.2 Å². The summed E-state index contributed by atoms with van der Waals surface area (Å²) >= 11 is 0. The molecule has 0 aliphatic carbocycles. The lowest BCUT2D eigenvalue weighted by Gasteiger charge is -2.29. The molecule has 234 valence electrons. The highest BCUT2D eigenvalue weighted by Gasteiger charge is 2.21. The predicted octanol–water partition coefficient (Wildman–Crippen LogP) is 6.51. The molecule has 0 unspecified atom stereocenters. The summed E-state index contributed by atoms with van der Waals surface area (Å²) in [5.74, 6) is 0. The van der Waals surface area contributed by atoms with Crippen LogP contribution in [-0.4, -0.2) is 56.2 Å². The zero-order chi connectivity index (χ0) is 31.4. The van der Waals surface area contributed by atoms with Crippen LogP contribution in [0.1, 0.15) is 66.5 Å². The van der Waals surface area contributed by atoms with Gasteiger partial charge >= 0.3 is 0 Å². The average molecular weight is 595 g/mol. The minimum atomic E-state index is 0.539. The van der Waals surface area contributed by atoms with Crippen molar-refractivity contribution < 1.29 is 9.13 Å². The summed E-state index contributed by atoms with van der Waals surface area (Å²) in [7, 11) is 0. The Bertz CT molecular complexity index is 1500. The standard InChI is InChI=1S/C38H54N6/c1-29(2)43(30(3)4)23-21-39-27-41(37-15-11-9-13-35(37)39)25-33-17-19-34(20-18-33)26-42-28-40(36-14-10-12-16-38(36)42)22-24-44(31(5)6)32(7)8/h9-20,27-32H,21-26H2,1-8H3/q+2. The number of fused-ring (bicyclic) bond motifs is 2. The maximum atomic E-state index is 2.57. The molecule has 0 spiro atoms. The van der Waals surface area contributed by atoms with Crippen molar-refractivity contribution in [3.63, 3.8) is 0 Å². The van der Waals surface area contributed by atoms with E-state index < -0.39 is 0 Å². The van der Waals surface area contributed by atoms with E-state index in [1.807, 2.05) is 0 Å². The summed E-state index contributed by atoms with van der Waals surface area (Å²) in [6.07, 6.45) is 4.61. The molecule has 2 heterocycles. The summed E-state index contributed by atoms with van der Waals surface area (Å²) in [6, 6.07) is 29.0. The molecule has 0 amide bonds. The number of rotatable bonds is 14. The highest BCUT2D eigenvalue weighted by molar-refractivity contribution is 5.72. The second-order valence-corrected chi connectivity index (χ2v) is 13.5. The van der Waals surface area contributed by atoms with Gasteiger partial charge in [0.25, 0.3) is 0 Å². The van der Waals surface area contributed by atoms with E-state index in [4.69, 9.17) is 0 Å². The maximum Gasteiger partial charge on any atom is 0.245 e. The Hall–Kier alpha value is -3.48. The first-order valence-electron chi connectivity index (χ1n) is 16.7. The maximum absolute atomic E-state index is 2.57. The van der Waals surface area contributed by atoms with Gasteiger partial charge in [-0.3, -0.25) is 9.80 Å². The zero-order valence-electron chi connectivity index (χ0n) is 28.3. The molecule has 0 aliphatic heterocycles. The van der Waals surface area contributed by atoms with Gasteiger partial charge in [-0.15, -0.1) is 0 Å². The molecule has 6 heteroatoms. The van der Waals surface area contributed by atoms with Crippen molar-refractivity contribution in [2.45, 2.75) is 106 Å². The first-order chi connectivity index (χ1) is 21.1. The van der Waals surface area contributed by atoms with Crippen LogP contribution < -0.4 is 9.13 Å². The van der Waals surface area contributed by atoms with Crippen molar-refractivity contribution in [2.75, 3.05) is 13.1 Å². The topological polar surface area (TPSA) is 24.1 Å². The number of nitrogens with zero attached hydrogens (tertiary/aromatic N) is 6. The van der Waals surface area contributed by atoms with Gasteiger partial charge in [0.2, 0.25) is 12.7 Å². The molecular formula is C38H54N6+2. The van der Waals surface area contributed by atoms with Crippen LogP contribution in [0.2, 0.25) is 0 Å². The van der Waals surface area contributed by atoms with Crippen LogP contribution in [0.25, 0.3) is 22.1 Å². The largest absolute Gasteiger partial charge is 0.295 e. The van der Waals surface area contributed by atoms with Crippen LogP contribution in [0.5, 0.6) is 0 Å². The lowest BCUT2D eigenvalue weighted by atomic mass is 10.1. The minimum absolute atomic E-state index is 0.539. The van der Waals surface area contributed by atoms with Crippen molar-refractivity contribution in [1.82, 2.24) is 18.9 Å². The van der Waals surface area contributed by atoms with Crippen LogP contribution in [0.3, 0.4) is 0 Å². The van der Waals surface area contributed by atoms with E-state index in [-0.39, 0.29) is 0 Å². The second kappa shape index (κ2) is 14.1. The Balaban J connectivity index is 1.31. The number of hydrogen-bond donors (Lipinski definition) is 0. The first-order valence-corrected chi connectivity index (χ1v) is 16.7. The van der Waals surface area contributed by atoms with Crippen molar-refractivity contribution in [2.24, 2.45) is 0 Å². The monoisotopic (exact) mass is 594 g/mol. The predicted molar refractivity (Wildman–Crippen MR) is 183 cm³/mol. The van der Waals surface area contributed by atoms with E-state index in [2.05, 4.69) is 169 Å². The van der Waals surface area contributed by atoms with Crippen LogP contribution in [0.4, 0.5) is 0 Å². The Kier molecular flexibility index (Phi) is 10.2. The smallest absolute Gasteiger partial charge is 0.245 e. The number of hydrogen-bond acceptors (Lipinski definition) is 2. The number of benzene rings is 3. The van der Waals surface area contributed by atoms with Gasteiger partial charge in [0.05, 0.1) is 0 Å². The molecule has 0 bridgehead atoms. The molecule has 5 aromatic rings. The van der Waals surface area contributed by atoms with Gasteiger partial charge in [-0.1, -0.05) is 48.5 Å². The molecule has 5 rings (SSSR count). The van der Waals surface area contributed by atoms with E-state index in [0.29, 0.717) is 24.2 Å². The Morgan fingerprint density at radius 2 is 0.841 bits per heavy atom. The highest BCUT2D eigenvalue weighted by atomic mass is 15.2. The lowest BCUT2D eigenvalue weighted by Crippen LogP contribution is -2.39. The van der Waals surface area contributed by atoms with Gasteiger partial charge < -0.3 is 0 Å². The van der Waals surface area contributed by atoms with Crippen LogP contribution in [-0.2, 0) is 26.2 Å². The third-order valence-electron chi connectivity index (χ3n) is 9.14. The fourth-order valence-electron chi connectivity index (χ4n) is 6.91. The minimum Gasteiger partial charge on any atom is -0.295 e. The molecule has 2 aromatic heterocycles. The fraction of sp³-hybridized carbons (Fsp3) is 0.474. The van der Waals surface area contributed by atoms with Crippen molar-refractivity contribution in [3.05, 3.63) is 96.6 Å². The second-order valence-electron chi connectivity index (χ2n) is 13.5. The third kappa shape index (κ3) is 7.24. The number of para-hydroxylation sites is 4. The van der Waals surface area contributed by atoms with Gasteiger partial charge in [-0.2, -0.15) is 0 Å². The van der Waals surface area contributed by atoms with Gasteiger partial charge in [-0.05, 0) is 90.8 Å². The Morgan fingerprint density at radius 3 is 1.18 bits per heavy atom. The van der Waals surface area contributed by atoms with Crippen molar-refractivity contribution in [3.8, 4) is 0 Å². The molecule has 3 aromatic carbocycles. The van der Waals surface area contributed by atoms with Crippen LogP contribution in [0, 0.1) is 0 Å². The zero-order valence-corrected chi connectivity index (χ0v) is 28.3. The molecular weight excluding hydrogens is 540 g/mol. The highest BCUT2D eigenvalue weighted by Crippen LogP contribution is 2.16. The van der Waals surface area contributed by atoms with Crippen molar-refractivity contribution >= 4 is 22.1 Å². The molecule has 0 N–H and O–H groups in total. The molecule has 0 aliphatic rings. The fourth-order valence-corrected chi connectivity index (χ4v) is 6.91. The summed E-state index contributed by atoms with van der Waals surface area (Å²) in [4.78, 5) is 5.14. The summed E-state index contributed by atoms with van der Waals surface area (Å²) in [5.41, 5.74) is 7.82. The van der Waals surface area contributed by atoms with E-state index in [0.717, 1.165) is 39.3 Å². The average Bonchev–Trinajstić information content (AvgIpc) is 3.51. The van der Waals surface area contributed by atoms with Gasteiger partial charge in [0, 0.05) is 37.3 Å². The first kappa shape index (κ1) is 31.9. The lowest BCUT2D eigenvalue weighted by molar-refractivity contribution is -0.663. The third-order valence-corrected chi connectivity index (χ3v) is 9.14. The molecule has 44 heavy (non-hydrogen) atoms. The molecule has 0 radical (unpaired) electrons. The number of aromatic nitrogens is 4. The quantitative estimate of drug-likeness (QED) is 0.137. The normalized spacial score (nSPS) is 12.5. The summed E-state index contributed by atoms with van der Waals surface area (Å²) < 4.78 is 9.66. The molecule has 6 nitrogen and oxygen atoms in total. The van der Waals surface area contributed by atoms with Crippen LogP contribution in [0.15, 0.2) is 85.5 Å². The van der Waals surface area contributed by atoms with E-state index in [1.54, 1.807) is 0 Å². The van der Waals surface area contributed by atoms with E-state index in [1.165, 1.54) is 33.2 Å². The summed E-state index contributed by atoms with van der Waals surface area (Å²) in [6.45, 7) is 24.1. The van der Waals surface area contributed by atoms with E-state index >= 15 is 0 Å². The molecule has 0 atom stereocenters. The SMILES string of the molecule is CC(C)N(CCn1c[n+](Cc2ccc(C[n+]3cn(CCN(C(C)C)C(C)C)c4ccccc43)cc2)c2ccccc21)C(C)C. The van der Waals surface area contributed by atoms with E-state index in [9.17, 15) is 0 Å². The number of imidazole rings is 2. The van der Waals surface area contributed by atoms with Crippen molar-refractivity contribution in [1.29, 1.82) is 0 Å². The Morgan fingerprint density at radius 1 is 0.500 bits per heavy atom. The summed E-state index contributed by atoms with van der Waals surface area (Å²) in [5, 5.41) is 0. The van der Waals surface area contributed by atoms with Crippen LogP contribution >= 0.6 is 0 Å². The molecule has 0 saturated heterocycles.